The first-order chi connectivity index (χ1) is 17.7. The molecule has 2 fully saturated rings. The van der Waals surface area contributed by atoms with E-state index in [1.807, 2.05) is 32.9 Å². The standard InChI is InChI=1S/C27H38N4O6/c1-16(2)14-19(23-18-6-4-5-7-22(18)37-24(23)25(28)33)26(34)29-20-9-8-17(3)31(15-21(20)32)27(35)30-10-12-36-13-11-30/h4-7,16-17,19-21,32H,8-15H2,1-3H3,(H2,28,33)(H,29,34)/t17-,19+,20+,21+/m1/s1. The van der Waals surface area contributed by atoms with Crippen LogP contribution in [-0.4, -0.2) is 83.8 Å². The molecule has 0 radical (unpaired) electrons. The number of carbonyl (C=O) groups is 3. The molecule has 4 rings (SSSR count). The van der Waals surface area contributed by atoms with Crippen LogP contribution in [0.1, 0.15) is 62.1 Å². The minimum atomic E-state index is -0.935. The number of carbonyl (C=O) groups excluding carboxylic acids is 3. The van der Waals surface area contributed by atoms with E-state index in [-0.39, 0.29) is 36.2 Å². The highest BCUT2D eigenvalue weighted by atomic mass is 16.5. The van der Waals surface area contributed by atoms with Crippen molar-refractivity contribution in [2.24, 2.45) is 11.7 Å². The van der Waals surface area contributed by atoms with Gasteiger partial charge in [-0.05, 0) is 38.2 Å². The molecule has 4 amide bonds. The summed E-state index contributed by atoms with van der Waals surface area (Å²) in [7, 11) is 0. The van der Waals surface area contributed by atoms with Gasteiger partial charge >= 0.3 is 6.03 Å². The maximum Gasteiger partial charge on any atom is 0.320 e. The minimum absolute atomic E-state index is 0.0145. The summed E-state index contributed by atoms with van der Waals surface area (Å²) in [4.78, 5) is 42.6. The lowest BCUT2D eigenvalue weighted by Crippen LogP contribution is -2.54. The largest absolute Gasteiger partial charge is 0.451 e. The van der Waals surface area contributed by atoms with Crippen LogP contribution >= 0.6 is 0 Å². The molecule has 0 bridgehead atoms. The SMILES string of the molecule is CC(C)C[C@H](C(=O)N[C@H]1CC[C@@H](C)N(C(=O)N2CCOCC2)C[C@@H]1O)c1c(C(N)=O)oc2ccccc12. The van der Waals surface area contributed by atoms with Gasteiger partial charge in [0.25, 0.3) is 5.91 Å². The summed E-state index contributed by atoms with van der Waals surface area (Å²) < 4.78 is 11.1. The average molecular weight is 515 g/mol. The fourth-order valence-corrected chi connectivity index (χ4v) is 5.35. The van der Waals surface area contributed by atoms with Crippen LogP contribution in [0, 0.1) is 5.92 Å². The quantitative estimate of drug-likeness (QED) is 0.541. The predicted molar refractivity (Wildman–Crippen MR) is 138 cm³/mol. The van der Waals surface area contributed by atoms with Gasteiger partial charge < -0.3 is 35.1 Å². The number of ether oxygens (including phenoxy) is 1. The molecule has 2 aliphatic heterocycles. The fraction of sp³-hybridized carbons (Fsp3) is 0.593. The summed E-state index contributed by atoms with van der Waals surface area (Å²) in [5, 5.41) is 14.8. The van der Waals surface area contributed by atoms with E-state index in [4.69, 9.17) is 14.9 Å². The number of rotatable bonds is 6. The summed E-state index contributed by atoms with van der Waals surface area (Å²) in [6.07, 6.45) is 0.685. The van der Waals surface area contributed by atoms with Crippen LogP contribution in [0.5, 0.6) is 0 Å². The third-order valence-electron chi connectivity index (χ3n) is 7.36. The Bertz CT molecular complexity index is 1130. The zero-order chi connectivity index (χ0) is 26.7. The molecule has 2 saturated heterocycles. The highest BCUT2D eigenvalue weighted by molar-refractivity contribution is 6.02. The highest BCUT2D eigenvalue weighted by Crippen LogP contribution is 2.36. The number of urea groups is 1. The van der Waals surface area contributed by atoms with E-state index >= 15 is 0 Å². The molecule has 37 heavy (non-hydrogen) atoms. The van der Waals surface area contributed by atoms with E-state index in [2.05, 4.69) is 5.32 Å². The number of morpholine rings is 1. The predicted octanol–water partition coefficient (Wildman–Crippen LogP) is 2.44. The number of aliphatic hydroxyl groups is 1. The Labute approximate surface area is 217 Å². The summed E-state index contributed by atoms with van der Waals surface area (Å²) in [6.45, 7) is 8.15. The van der Waals surface area contributed by atoms with Crippen molar-refractivity contribution >= 4 is 28.8 Å². The molecule has 0 aliphatic carbocycles. The van der Waals surface area contributed by atoms with Crippen molar-refractivity contribution in [3.05, 3.63) is 35.6 Å². The maximum atomic E-state index is 13.7. The second-order valence-corrected chi connectivity index (χ2v) is 10.5. The molecule has 3 heterocycles. The number of fused-ring (bicyclic) bond motifs is 1. The van der Waals surface area contributed by atoms with Crippen molar-refractivity contribution in [3.63, 3.8) is 0 Å². The molecular weight excluding hydrogens is 476 g/mol. The Morgan fingerprint density at radius 2 is 1.86 bits per heavy atom. The molecule has 4 N–H and O–H groups in total. The number of aliphatic hydroxyl groups excluding tert-OH is 1. The molecular formula is C27H38N4O6. The monoisotopic (exact) mass is 514 g/mol. The van der Waals surface area contributed by atoms with E-state index in [1.54, 1.807) is 21.9 Å². The molecule has 0 spiro atoms. The topological polar surface area (TPSA) is 138 Å². The van der Waals surface area contributed by atoms with E-state index in [0.717, 1.165) is 0 Å². The third kappa shape index (κ3) is 5.91. The van der Waals surface area contributed by atoms with E-state index in [1.165, 1.54) is 0 Å². The molecule has 0 saturated carbocycles. The zero-order valence-corrected chi connectivity index (χ0v) is 21.8. The van der Waals surface area contributed by atoms with Crippen molar-refractivity contribution in [1.82, 2.24) is 15.1 Å². The molecule has 202 valence electrons. The molecule has 10 nitrogen and oxygen atoms in total. The number of benzene rings is 1. The molecule has 0 unspecified atom stereocenters. The van der Waals surface area contributed by atoms with Crippen LogP contribution in [0.2, 0.25) is 0 Å². The summed E-state index contributed by atoms with van der Waals surface area (Å²) in [6, 6.07) is 6.44. The smallest absolute Gasteiger partial charge is 0.320 e. The summed E-state index contributed by atoms with van der Waals surface area (Å²) >= 11 is 0. The fourth-order valence-electron chi connectivity index (χ4n) is 5.35. The Balaban J connectivity index is 1.56. The van der Waals surface area contributed by atoms with E-state index in [0.29, 0.717) is 62.1 Å². The molecule has 2 aromatic rings. The van der Waals surface area contributed by atoms with Crippen molar-refractivity contribution in [1.29, 1.82) is 0 Å². The van der Waals surface area contributed by atoms with Crippen molar-refractivity contribution < 1.29 is 28.6 Å². The van der Waals surface area contributed by atoms with E-state index < -0.39 is 24.0 Å². The Hall–Kier alpha value is -3.11. The van der Waals surface area contributed by atoms with Crippen LogP contribution in [0.25, 0.3) is 11.0 Å². The zero-order valence-electron chi connectivity index (χ0n) is 21.8. The van der Waals surface area contributed by atoms with Crippen LogP contribution in [0.4, 0.5) is 4.79 Å². The van der Waals surface area contributed by atoms with Crippen LogP contribution < -0.4 is 11.1 Å². The number of nitrogens with zero attached hydrogens (tertiary/aromatic N) is 2. The van der Waals surface area contributed by atoms with Gasteiger partial charge in [-0.25, -0.2) is 4.79 Å². The number of nitrogens with one attached hydrogen (secondary N) is 1. The van der Waals surface area contributed by atoms with Gasteiger partial charge in [-0.1, -0.05) is 32.0 Å². The third-order valence-corrected chi connectivity index (χ3v) is 7.36. The number of hydrogen-bond donors (Lipinski definition) is 3. The normalized spacial score (nSPS) is 23.6. The number of primary amides is 1. The molecule has 1 aromatic heterocycles. The molecule has 4 atom stereocenters. The Morgan fingerprint density at radius 3 is 2.54 bits per heavy atom. The van der Waals surface area contributed by atoms with Crippen LogP contribution in [0.3, 0.4) is 0 Å². The van der Waals surface area contributed by atoms with Crippen LogP contribution in [-0.2, 0) is 9.53 Å². The van der Waals surface area contributed by atoms with Crippen molar-refractivity contribution in [3.8, 4) is 0 Å². The first-order valence-electron chi connectivity index (χ1n) is 13.1. The second-order valence-electron chi connectivity index (χ2n) is 10.5. The van der Waals surface area contributed by atoms with Crippen molar-refractivity contribution in [2.45, 2.75) is 64.1 Å². The number of furan rings is 1. The van der Waals surface area contributed by atoms with E-state index in [9.17, 15) is 19.5 Å². The number of amides is 4. The number of β-amino-alcohol motifs (C(OH)–C–C–N with tert-alkyl or cyclic N) is 1. The number of likely N-dealkylation sites (tertiary alicyclic amines) is 1. The van der Waals surface area contributed by atoms with Gasteiger partial charge in [0.05, 0.1) is 37.8 Å². The lowest BCUT2D eigenvalue weighted by Gasteiger charge is -2.36. The van der Waals surface area contributed by atoms with Gasteiger partial charge in [0.15, 0.2) is 5.76 Å². The number of para-hydroxylation sites is 1. The highest BCUT2D eigenvalue weighted by Gasteiger charge is 2.37. The summed E-state index contributed by atoms with van der Waals surface area (Å²) in [5.41, 5.74) is 6.62. The van der Waals surface area contributed by atoms with Gasteiger partial charge in [0.1, 0.15) is 5.58 Å². The Kier molecular flexibility index (Phi) is 8.39. The molecule has 1 aromatic carbocycles. The van der Waals surface area contributed by atoms with Gasteiger partial charge in [-0.3, -0.25) is 9.59 Å². The lowest BCUT2D eigenvalue weighted by atomic mass is 9.87. The van der Waals surface area contributed by atoms with Gasteiger partial charge in [-0.2, -0.15) is 0 Å². The molecule has 2 aliphatic rings. The Morgan fingerprint density at radius 1 is 1.16 bits per heavy atom. The van der Waals surface area contributed by atoms with Crippen LogP contribution in [0.15, 0.2) is 28.7 Å². The number of nitrogens with two attached hydrogens (primary N) is 1. The maximum absolute atomic E-state index is 13.7. The van der Waals surface area contributed by atoms with Gasteiger partial charge in [-0.15, -0.1) is 0 Å². The first-order valence-corrected chi connectivity index (χ1v) is 13.1. The lowest BCUT2D eigenvalue weighted by molar-refractivity contribution is -0.124. The average Bonchev–Trinajstić information content (AvgIpc) is 3.21. The van der Waals surface area contributed by atoms with Gasteiger partial charge in [0, 0.05) is 30.1 Å². The van der Waals surface area contributed by atoms with Crippen molar-refractivity contribution in [2.75, 3.05) is 32.8 Å². The first kappa shape index (κ1) is 26.9. The van der Waals surface area contributed by atoms with Gasteiger partial charge in [0.2, 0.25) is 5.91 Å². The summed E-state index contributed by atoms with van der Waals surface area (Å²) in [5.74, 6) is -1.59. The minimum Gasteiger partial charge on any atom is -0.451 e. The number of hydrogen-bond acceptors (Lipinski definition) is 6. The molecule has 10 heteroatoms. The second kappa shape index (κ2) is 11.5.